The summed E-state index contributed by atoms with van der Waals surface area (Å²) in [5, 5.41) is 9.33. The molecule has 0 radical (unpaired) electrons. The van der Waals surface area contributed by atoms with Crippen LogP contribution in [0.3, 0.4) is 0 Å². The van der Waals surface area contributed by atoms with Gasteiger partial charge in [0.15, 0.2) is 0 Å². The quantitative estimate of drug-likeness (QED) is 0.709. The number of aromatic hydroxyl groups is 1. The van der Waals surface area contributed by atoms with Crippen molar-refractivity contribution in [2.45, 2.75) is 19.8 Å². The summed E-state index contributed by atoms with van der Waals surface area (Å²) in [5.41, 5.74) is 0.629. The SMILES string of the molecule is CC/C=C/Cc1cc(F)ccc1O. The van der Waals surface area contributed by atoms with Crippen molar-refractivity contribution < 1.29 is 9.50 Å². The summed E-state index contributed by atoms with van der Waals surface area (Å²) in [4.78, 5) is 0. The largest absolute Gasteiger partial charge is 0.508 e. The highest BCUT2D eigenvalue weighted by atomic mass is 19.1. The van der Waals surface area contributed by atoms with E-state index >= 15 is 0 Å². The van der Waals surface area contributed by atoms with Gasteiger partial charge in [-0.15, -0.1) is 0 Å². The molecule has 0 saturated heterocycles. The Morgan fingerprint density at radius 1 is 1.38 bits per heavy atom. The average Bonchev–Trinajstić information content (AvgIpc) is 2.11. The maximum Gasteiger partial charge on any atom is 0.123 e. The lowest BCUT2D eigenvalue weighted by atomic mass is 10.1. The van der Waals surface area contributed by atoms with Gasteiger partial charge in [-0.1, -0.05) is 19.1 Å². The van der Waals surface area contributed by atoms with E-state index in [9.17, 15) is 9.50 Å². The maximum absolute atomic E-state index is 12.7. The molecule has 0 aliphatic carbocycles. The Labute approximate surface area is 77.5 Å². The molecule has 0 bridgehead atoms. The molecule has 1 N–H and O–H groups in total. The summed E-state index contributed by atoms with van der Waals surface area (Å²) in [6.45, 7) is 2.03. The van der Waals surface area contributed by atoms with Crippen LogP contribution in [0, 0.1) is 5.82 Å². The Morgan fingerprint density at radius 3 is 2.85 bits per heavy atom. The van der Waals surface area contributed by atoms with Crippen molar-refractivity contribution in [1.29, 1.82) is 0 Å². The first kappa shape index (κ1) is 9.78. The number of allylic oxidation sites excluding steroid dienone is 2. The van der Waals surface area contributed by atoms with E-state index in [0.29, 0.717) is 12.0 Å². The van der Waals surface area contributed by atoms with Crippen LogP contribution in [-0.2, 0) is 6.42 Å². The van der Waals surface area contributed by atoms with Crippen molar-refractivity contribution in [2.75, 3.05) is 0 Å². The smallest absolute Gasteiger partial charge is 0.123 e. The highest BCUT2D eigenvalue weighted by Gasteiger charge is 1.99. The minimum Gasteiger partial charge on any atom is -0.508 e. The molecule has 0 aromatic heterocycles. The molecule has 0 spiro atoms. The highest BCUT2D eigenvalue weighted by molar-refractivity contribution is 5.33. The zero-order chi connectivity index (χ0) is 9.68. The van der Waals surface area contributed by atoms with Crippen LogP contribution in [-0.4, -0.2) is 5.11 Å². The van der Waals surface area contributed by atoms with Crippen LogP contribution in [0.1, 0.15) is 18.9 Å². The summed E-state index contributed by atoms with van der Waals surface area (Å²) in [7, 11) is 0. The summed E-state index contributed by atoms with van der Waals surface area (Å²) in [6.07, 6.45) is 5.45. The van der Waals surface area contributed by atoms with Crippen LogP contribution in [0.4, 0.5) is 4.39 Å². The topological polar surface area (TPSA) is 20.2 Å². The number of hydrogen-bond acceptors (Lipinski definition) is 1. The van der Waals surface area contributed by atoms with Crippen molar-refractivity contribution in [1.82, 2.24) is 0 Å². The average molecular weight is 180 g/mol. The standard InChI is InChI=1S/C11H13FO/c1-2-3-4-5-9-8-10(12)6-7-11(9)13/h3-4,6-8,13H,2,5H2,1H3/b4-3+. The van der Waals surface area contributed by atoms with Crippen molar-refractivity contribution in [3.63, 3.8) is 0 Å². The number of phenolic OH excluding ortho intramolecular Hbond substituents is 1. The van der Waals surface area contributed by atoms with E-state index in [0.717, 1.165) is 6.42 Å². The van der Waals surface area contributed by atoms with Gasteiger partial charge in [0.2, 0.25) is 0 Å². The highest BCUT2D eigenvalue weighted by Crippen LogP contribution is 2.18. The molecule has 1 rings (SSSR count). The molecule has 1 nitrogen and oxygen atoms in total. The molecule has 2 heteroatoms. The third-order valence-corrected chi connectivity index (χ3v) is 1.78. The van der Waals surface area contributed by atoms with Crippen LogP contribution in [0.2, 0.25) is 0 Å². The van der Waals surface area contributed by atoms with Crippen molar-refractivity contribution in [3.05, 3.63) is 41.7 Å². The number of hydrogen-bond donors (Lipinski definition) is 1. The van der Waals surface area contributed by atoms with Gasteiger partial charge in [-0.2, -0.15) is 0 Å². The molecule has 0 aliphatic rings. The normalized spacial score (nSPS) is 10.9. The van der Waals surface area contributed by atoms with Crippen molar-refractivity contribution in [3.8, 4) is 5.75 Å². The molecule has 13 heavy (non-hydrogen) atoms. The van der Waals surface area contributed by atoms with Crippen molar-refractivity contribution >= 4 is 0 Å². The molecule has 0 aliphatic heterocycles. The molecule has 1 aromatic carbocycles. The van der Waals surface area contributed by atoms with Crippen LogP contribution >= 0.6 is 0 Å². The van der Waals surface area contributed by atoms with E-state index in [2.05, 4.69) is 0 Å². The minimum atomic E-state index is -0.308. The van der Waals surface area contributed by atoms with E-state index in [4.69, 9.17) is 0 Å². The molecule has 0 fully saturated rings. The second-order valence-electron chi connectivity index (χ2n) is 2.86. The van der Waals surface area contributed by atoms with Gasteiger partial charge < -0.3 is 5.11 Å². The minimum absolute atomic E-state index is 0.155. The summed E-state index contributed by atoms with van der Waals surface area (Å²) < 4.78 is 12.7. The third-order valence-electron chi connectivity index (χ3n) is 1.78. The summed E-state index contributed by atoms with van der Waals surface area (Å²) in [5.74, 6) is -0.153. The number of benzene rings is 1. The Kier molecular flexibility index (Phi) is 3.50. The zero-order valence-corrected chi connectivity index (χ0v) is 7.63. The molecule has 0 amide bonds. The second kappa shape index (κ2) is 4.65. The van der Waals surface area contributed by atoms with E-state index < -0.39 is 0 Å². The Morgan fingerprint density at radius 2 is 2.15 bits per heavy atom. The first-order valence-corrected chi connectivity index (χ1v) is 4.36. The van der Waals surface area contributed by atoms with Crippen molar-refractivity contribution in [2.24, 2.45) is 0 Å². The lowest BCUT2D eigenvalue weighted by Gasteiger charge is -2.00. The lowest BCUT2D eigenvalue weighted by Crippen LogP contribution is -1.84. The van der Waals surface area contributed by atoms with E-state index in [1.54, 1.807) is 0 Å². The lowest BCUT2D eigenvalue weighted by molar-refractivity contribution is 0.467. The van der Waals surface area contributed by atoms with Crippen LogP contribution in [0.5, 0.6) is 5.75 Å². The van der Waals surface area contributed by atoms with E-state index in [1.807, 2.05) is 19.1 Å². The molecule has 70 valence electrons. The van der Waals surface area contributed by atoms with Crippen LogP contribution < -0.4 is 0 Å². The first-order chi connectivity index (χ1) is 6.24. The molecule has 0 heterocycles. The third kappa shape index (κ3) is 2.90. The summed E-state index contributed by atoms with van der Waals surface area (Å²) in [6, 6.07) is 3.99. The van der Waals surface area contributed by atoms with Gasteiger partial charge in [-0.25, -0.2) is 4.39 Å². The van der Waals surface area contributed by atoms with Gasteiger partial charge in [0.25, 0.3) is 0 Å². The Hall–Kier alpha value is -1.31. The zero-order valence-electron chi connectivity index (χ0n) is 7.63. The fourth-order valence-electron chi connectivity index (χ4n) is 1.09. The number of phenols is 1. The summed E-state index contributed by atoms with van der Waals surface area (Å²) >= 11 is 0. The molecule has 0 saturated carbocycles. The predicted molar refractivity (Wildman–Crippen MR) is 51.2 cm³/mol. The van der Waals surface area contributed by atoms with Gasteiger partial charge in [0.05, 0.1) is 0 Å². The van der Waals surface area contributed by atoms with Gasteiger partial charge in [0.1, 0.15) is 11.6 Å². The number of halogens is 1. The molecule has 1 aromatic rings. The van der Waals surface area contributed by atoms with Crippen LogP contribution in [0.15, 0.2) is 30.4 Å². The molecular weight excluding hydrogens is 167 g/mol. The fraction of sp³-hybridized carbons (Fsp3) is 0.273. The predicted octanol–water partition coefficient (Wildman–Crippen LogP) is 3.04. The number of rotatable bonds is 3. The molecule has 0 unspecified atom stereocenters. The van der Waals surface area contributed by atoms with Gasteiger partial charge in [-0.05, 0) is 31.0 Å². The second-order valence-corrected chi connectivity index (χ2v) is 2.86. The van der Waals surface area contributed by atoms with E-state index in [1.165, 1.54) is 18.2 Å². The molecule has 0 atom stereocenters. The molecular formula is C11H13FO. The van der Waals surface area contributed by atoms with Gasteiger partial charge >= 0.3 is 0 Å². The Balaban J connectivity index is 2.75. The maximum atomic E-state index is 12.7. The fourth-order valence-corrected chi connectivity index (χ4v) is 1.09. The Bertz CT molecular complexity index is 305. The van der Waals surface area contributed by atoms with Gasteiger partial charge in [-0.3, -0.25) is 0 Å². The first-order valence-electron chi connectivity index (χ1n) is 4.36. The van der Waals surface area contributed by atoms with Gasteiger partial charge in [0, 0.05) is 5.56 Å². The monoisotopic (exact) mass is 180 g/mol. The van der Waals surface area contributed by atoms with E-state index in [-0.39, 0.29) is 11.6 Å². The van der Waals surface area contributed by atoms with Crippen LogP contribution in [0.25, 0.3) is 0 Å².